The van der Waals surface area contributed by atoms with Crippen molar-refractivity contribution in [3.05, 3.63) is 41.3 Å². The van der Waals surface area contributed by atoms with Gasteiger partial charge in [-0.3, -0.25) is 4.79 Å². The Morgan fingerprint density at radius 1 is 1.20 bits per heavy atom. The highest BCUT2D eigenvalue weighted by atomic mass is 32.2. The Bertz CT molecular complexity index is 628. The predicted molar refractivity (Wildman–Crippen MR) is 86.3 cm³/mol. The van der Waals surface area contributed by atoms with Crippen molar-refractivity contribution in [3.63, 3.8) is 0 Å². The Morgan fingerprint density at radius 2 is 1.90 bits per heavy atom. The third kappa shape index (κ3) is 3.61. The lowest BCUT2D eigenvalue weighted by Gasteiger charge is -2.00. The van der Waals surface area contributed by atoms with Crippen LogP contribution >= 0.6 is 23.1 Å². The third-order valence-corrected chi connectivity index (χ3v) is 4.51. The van der Waals surface area contributed by atoms with E-state index in [0.717, 1.165) is 16.2 Å². The zero-order valence-electron chi connectivity index (χ0n) is 11.0. The molecule has 2 rings (SSSR count). The van der Waals surface area contributed by atoms with Crippen molar-refractivity contribution < 1.29 is 4.79 Å². The predicted octanol–water partition coefficient (Wildman–Crippen LogP) is 2.94. The molecule has 0 atom stereocenters. The number of benzene rings is 1. The highest BCUT2D eigenvalue weighted by molar-refractivity contribution is 7.99. The van der Waals surface area contributed by atoms with Crippen LogP contribution in [0.3, 0.4) is 0 Å². The fourth-order valence-electron chi connectivity index (χ4n) is 1.66. The molecular formula is C14H15N3OS2. The van der Waals surface area contributed by atoms with Crippen LogP contribution in [0.5, 0.6) is 0 Å². The summed E-state index contributed by atoms with van der Waals surface area (Å²) in [5.41, 5.74) is 11.5. The van der Waals surface area contributed by atoms with Gasteiger partial charge < -0.3 is 11.5 Å². The van der Waals surface area contributed by atoms with Crippen LogP contribution in [0.2, 0.25) is 0 Å². The van der Waals surface area contributed by atoms with Gasteiger partial charge in [-0.15, -0.1) is 23.1 Å². The van der Waals surface area contributed by atoms with Crippen LogP contribution in [0.4, 0.5) is 0 Å². The standard InChI is InChI=1S/C14H15N3OS2/c1-2-19-10-5-3-9(4-6-10)11-7-8-12(20-11)13(18)17-14(15)16/h3-8H,2H2,1H3,(H4,15,16,17,18). The highest BCUT2D eigenvalue weighted by Gasteiger charge is 2.09. The molecule has 20 heavy (non-hydrogen) atoms. The van der Waals surface area contributed by atoms with E-state index in [1.165, 1.54) is 16.2 Å². The number of nitrogens with two attached hydrogens (primary N) is 2. The molecule has 0 bridgehead atoms. The molecule has 4 N–H and O–H groups in total. The maximum absolute atomic E-state index is 11.7. The van der Waals surface area contributed by atoms with E-state index in [9.17, 15) is 4.79 Å². The number of nitrogens with zero attached hydrogens (tertiary/aromatic N) is 1. The summed E-state index contributed by atoms with van der Waals surface area (Å²) >= 11 is 3.18. The Balaban J connectivity index is 2.20. The Kier molecular flexibility index (Phi) is 4.81. The van der Waals surface area contributed by atoms with Gasteiger partial charge in [-0.25, -0.2) is 0 Å². The van der Waals surface area contributed by atoms with Gasteiger partial charge >= 0.3 is 0 Å². The molecule has 6 heteroatoms. The molecule has 104 valence electrons. The SMILES string of the molecule is CCSc1ccc(-c2ccc(C(=O)N=C(N)N)s2)cc1. The zero-order chi connectivity index (χ0) is 14.5. The molecule has 0 saturated heterocycles. The number of hydrogen-bond acceptors (Lipinski definition) is 3. The summed E-state index contributed by atoms with van der Waals surface area (Å²) in [6.45, 7) is 2.12. The van der Waals surface area contributed by atoms with Gasteiger partial charge in [0, 0.05) is 9.77 Å². The maximum atomic E-state index is 11.7. The minimum absolute atomic E-state index is 0.217. The summed E-state index contributed by atoms with van der Waals surface area (Å²) < 4.78 is 0. The number of carbonyl (C=O) groups is 1. The number of thiophene rings is 1. The lowest BCUT2D eigenvalue weighted by molar-refractivity contribution is 0.101. The van der Waals surface area contributed by atoms with E-state index in [1.807, 2.05) is 6.07 Å². The van der Waals surface area contributed by atoms with Gasteiger partial charge in [0.1, 0.15) is 0 Å². The first-order valence-electron chi connectivity index (χ1n) is 6.07. The van der Waals surface area contributed by atoms with E-state index in [1.54, 1.807) is 17.8 Å². The first-order valence-corrected chi connectivity index (χ1v) is 7.87. The number of guanidine groups is 1. The quantitative estimate of drug-likeness (QED) is 0.517. The van der Waals surface area contributed by atoms with Crippen molar-refractivity contribution in [2.75, 3.05) is 5.75 Å². The molecule has 0 unspecified atom stereocenters. The number of hydrogen-bond donors (Lipinski definition) is 2. The minimum Gasteiger partial charge on any atom is -0.370 e. The highest BCUT2D eigenvalue weighted by Crippen LogP contribution is 2.30. The lowest BCUT2D eigenvalue weighted by Crippen LogP contribution is -2.24. The number of amides is 1. The summed E-state index contributed by atoms with van der Waals surface area (Å²) in [4.78, 5) is 18.0. The van der Waals surface area contributed by atoms with Gasteiger partial charge in [-0.05, 0) is 35.6 Å². The molecule has 0 aliphatic heterocycles. The molecular weight excluding hydrogens is 290 g/mol. The van der Waals surface area contributed by atoms with Crippen LogP contribution in [0, 0.1) is 0 Å². The van der Waals surface area contributed by atoms with Crippen molar-refractivity contribution in [2.24, 2.45) is 16.5 Å². The molecule has 0 aliphatic carbocycles. The largest absolute Gasteiger partial charge is 0.370 e. The minimum atomic E-state index is -0.403. The zero-order valence-corrected chi connectivity index (χ0v) is 12.6. The van der Waals surface area contributed by atoms with E-state index in [4.69, 9.17) is 11.5 Å². The molecule has 0 aliphatic rings. The van der Waals surface area contributed by atoms with Crippen LogP contribution < -0.4 is 11.5 Å². The summed E-state index contributed by atoms with van der Waals surface area (Å²) in [6.07, 6.45) is 0. The van der Waals surface area contributed by atoms with Crippen molar-refractivity contribution in [1.29, 1.82) is 0 Å². The fraction of sp³-hybridized carbons (Fsp3) is 0.143. The Labute approximate surface area is 125 Å². The van der Waals surface area contributed by atoms with Crippen LogP contribution in [0.1, 0.15) is 16.6 Å². The Hall–Kier alpha value is -1.79. The number of aliphatic imine (C=N–C) groups is 1. The van der Waals surface area contributed by atoms with Gasteiger partial charge in [0.25, 0.3) is 5.91 Å². The van der Waals surface area contributed by atoms with Crippen molar-refractivity contribution in [2.45, 2.75) is 11.8 Å². The van der Waals surface area contributed by atoms with Gasteiger partial charge in [0.2, 0.25) is 0 Å². The normalized spacial score (nSPS) is 10.2. The van der Waals surface area contributed by atoms with Gasteiger partial charge in [0.15, 0.2) is 5.96 Å². The average Bonchev–Trinajstić information content (AvgIpc) is 2.89. The second kappa shape index (κ2) is 6.58. The second-order valence-electron chi connectivity index (χ2n) is 3.96. The van der Waals surface area contributed by atoms with Crippen LogP contribution in [0.15, 0.2) is 46.3 Å². The Morgan fingerprint density at radius 3 is 2.50 bits per heavy atom. The molecule has 4 nitrogen and oxygen atoms in total. The van der Waals surface area contributed by atoms with Gasteiger partial charge in [-0.2, -0.15) is 4.99 Å². The van der Waals surface area contributed by atoms with E-state index in [2.05, 4.69) is 36.2 Å². The van der Waals surface area contributed by atoms with Crippen molar-refractivity contribution in [1.82, 2.24) is 0 Å². The first-order chi connectivity index (χ1) is 9.60. The van der Waals surface area contributed by atoms with Crippen molar-refractivity contribution in [3.8, 4) is 10.4 Å². The topological polar surface area (TPSA) is 81.5 Å². The fourth-order valence-corrected chi connectivity index (χ4v) is 3.22. The lowest BCUT2D eigenvalue weighted by atomic mass is 10.2. The summed E-state index contributed by atoms with van der Waals surface area (Å²) in [7, 11) is 0. The van der Waals surface area contributed by atoms with Crippen LogP contribution in [-0.4, -0.2) is 17.6 Å². The summed E-state index contributed by atoms with van der Waals surface area (Å²) in [6, 6.07) is 11.9. The average molecular weight is 305 g/mol. The van der Waals surface area contributed by atoms with Crippen LogP contribution in [0.25, 0.3) is 10.4 Å². The van der Waals surface area contributed by atoms with Crippen molar-refractivity contribution >= 4 is 35.0 Å². The monoisotopic (exact) mass is 305 g/mol. The van der Waals surface area contributed by atoms with E-state index in [-0.39, 0.29) is 5.96 Å². The molecule has 0 radical (unpaired) electrons. The molecule has 1 heterocycles. The molecule has 1 amide bonds. The van der Waals surface area contributed by atoms with Gasteiger partial charge in [0.05, 0.1) is 4.88 Å². The molecule has 0 fully saturated rings. The molecule has 0 spiro atoms. The smallest absolute Gasteiger partial charge is 0.290 e. The first kappa shape index (κ1) is 14.6. The number of thioether (sulfide) groups is 1. The molecule has 1 aromatic heterocycles. The summed E-state index contributed by atoms with van der Waals surface area (Å²) in [5, 5.41) is 0. The molecule has 1 aromatic carbocycles. The third-order valence-electron chi connectivity index (χ3n) is 2.50. The van der Waals surface area contributed by atoms with E-state index >= 15 is 0 Å². The van der Waals surface area contributed by atoms with Gasteiger partial charge in [-0.1, -0.05) is 19.1 Å². The number of carbonyl (C=O) groups excluding carboxylic acids is 1. The maximum Gasteiger partial charge on any atom is 0.290 e. The molecule has 2 aromatic rings. The number of rotatable bonds is 4. The van der Waals surface area contributed by atoms with Crippen LogP contribution in [-0.2, 0) is 0 Å². The second-order valence-corrected chi connectivity index (χ2v) is 6.38. The van der Waals surface area contributed by atoms with E-state index in [0.29, 0.717) is 4.88 Å². The summed E-state index contributed by atoms with van der Waals surface area (Å²) in [5.74, 6) is 0.431. The van der Waals surface area contributed by atoms with E-state index < -0.39 is 5.91 Å². The molecule has 0 saturated carbocycles.